The van der Waals surface area contributed by atoms with Crippen LogP contribution in [0.1, 0.15) is 74.8 Å². The Morgan fingerprint density at radius 2 is 1.94 bits per heavy atom. The molecule has 32 heavy (non-hydrogen) atoms. The van der Waals surface area contributed by atoms with E-state index < -0.39 is 5.60 Å². The maximum Gasteiger partial charge on any atom is 0.320 e. The highest BCUT2D eigenvalue weighted by Gasteiger charge is 2.38. The number of aryl methyl sites for hydroxylation is 1. The smallest absolute Gasteiger partial charge is 0.320 e. The van der Waals surface area contributed by atoms with E-state index in [9.17, 15) is 9.59 Å². The first-order chi connectivity index (χ1) is 15.1. The number of nitrogens with zero attached hydrogens (tertiary/aromatic N) is 2. The molecule has 3 atom stereocenters. The number of hydrogen-bond acceptors (Lipinski definition) is 7. The molecule has 2 aliphatic heterocycles. The maximum absolute atomic E-state index is 13.4. The number of esters is 1. The van der Waals surface area contributed by atoms with Gasteiger partial charge in [-0.3, -0.25) is 19.4 Å². The standard InChI is InChI=1S/C24H37N3O3S2/c1-15-14-31-23(26(15)5)20-16-9-6-7-11-18(16)32-22(20)25-21(29)17-10-8-12-27(17)13-19(28)30-24(2,3)4/h15,17,23H,6-14H2,1-5H3,(H,25,29). The summed E-state index contributed by atoms with van der Waals surface area (Å²) in [5, 5.41) is 4.66. The van der Waals surface area contributed by atoms with Gasteiger partial charge in [-0.25, -0.2) is 0 Å². The van der Waals surface area contributed by atoms with Crippen molar-refractivity contribution in [2.24, 2.45) is 0 Å². The summed E-state index contributed by atoms with van der Waals surface area (Å²) < 4.78 is 5.49. The number of carbonyl (C=O) groups is 2. The van der Waals surface area contributed by atoms with Crippen LogP contribution in [0.15, 0.2) is 0 Å². The van der Waals surface area contributed by atoms with Crippen LogP contribution in [-0.2, 0) is 27.2 Å². The molecular formula is C24H37N3O3S2. The van der Waals surface area contributed by atoms with E-state index >= 15 is 0 Å². The van der Waals surface area contributed by atoms with Crippen molar-refractivity contribution in [2.45, 2.75) is 89.3 Å². The average molecular weight is 480 g/mol. The van der Waals surface area contributed by atoms with Crippen LogP contribution in [0.25, 0.3) is 0 Å². The fraction of sp³-hybridized carbons (Fsp3) is 0.750. The van der Waals surface area contributed by atoms with E-state index in [1.54, 1.807) is 11.3 Å². The van der Waals surface area contributed by atoms with Gasteiger partial charge in [0.25, 0.3) is 0 Å². The molecule has 2 fully saturated rings. The molecule has 0 aromatic carbocycles. The first-order valence-corrected chi connectivity index (χ1v) is 13.8. The molecule has 0 radical (unpaired) electrons. The van der Waals surface area contributed by atoms with E-state index in [-0.39, 0.29) is 24.5 Å². The summed E-state index contributed by atoms with van der Waals surface area (Å²) in [5.74, 6) is 0.873. The van der Waals surface area contributed by atoms with Gasteiger partial charge in [0.1, 0.15) is 10.6 Å². The SMILES string of the molecule is CC1CSC(c2c(NC(=O)C3CCCN3CC(=O)OC(C)(C)C)sc3c2CCCC3)N1C. The molecular weight excluding hydrogens is 442 g/mol. The highest BCUT2D eigenvalue weighted by Crippen LogP contribution is 2.50. The highest BCUT2D eigenvalue weighted by molar-refractivity contribution is 7.99. The lowest BCUT2D eigenvalue weighted by molar-refractivity contribution is -0.156. The van der Waals surface area contributed by atoms with Crippen molar-refractivity contribution in [3.8, 4) is 0 Å². The molecule has 8 heteroatoms. The number of fused-ring (bicyclic) bond motifs is 1. The molecule has 1 N–H and O–H groups in total. The zero-order chi connectivity index (χ0) is 23.0. The average Bonchev–Trinajstić information content (AvgIpc) is 3.39. The largest absolute Gasteiger partial charge is 0.459 e. The van der Waals surface area contributed by atoms with Crippen molar-refractivity contribution < 1.29 is 14.3 Å². The Morgan fingerprint density at radius 3 is 2.62 bits per heavy atom. The number of hydrogen-bond donors (Lipinski definition) is 1. The van der Waals surface area contributed by atoms with Gasteiger partial charge in [-0.2, -0.15) is 0 Å². The lowest BCUT2D eigenvalue weighted by Crippen LogP contribution is -2.43. The molecule has 1 amide bonds. The predicted octanol–water partition coefficient (Wildman–Crippen LogP) is 4.44. The van der Waals surface area contributed by atoms with Crippen LogP contribution in [0, 0.1) is 0 Å². The first-order valence-electron chi connectivity index (χ1n) is 11.9. The van der Waals surface area contributed by atoms with Crippen molar-refractivity contribution in [3.63, 3.8) is 0 Å². The molecule has 1 aromatic heterocycles. The summed E-state index contributed by atoms with van der Waals surface area (Å²) in [5.41, 5.74) is 2.31. The Bertz CT molecular complexity index is 863. The molecule has 1 aliphatic carbocycles. The normalized spacial score (nSPS) is 26.8. The van der Waals surface area contributed by atoms with E-state index in [1.807, 2.05) is 37.4 Å². The van der Waals surface area contributed by atoms with Gasteiger partial charge in [0.15, 0.2) is 0 Å². The van der Waals surface area contributed by atoms with Crippen LogP contribution < -0.4 is 5.32 Å². The fourth-order valence-electron chi connectivity index (χ4n) is 4.98. The van der Waals surface area contributed by atoms with Crippen LogP contribution in [-0.4, -0.2) is 65.3 Å². The Kier molecular flexibility index (Phi) is 7.25. The predicted molar refractivity (Wildman–Crippen MR) is 132 cm³/mol. The molecule has 3 unspecified atom stereocenters. The van der Waals surface area contributed by atoms with Gasteiger partial charge in [0.2, 0.25) is 5.91 Å². The zero-order valence-corrected chi connectivity index (χ0v) is 21.7. The highest BCUT2D eigenvalue weighted by atomic mass is 32.2. The van der Waals surface area contributed by atoms with Crippen molar-refractivity contribution >= 4 is 40.0 Å². The monoisotopic (exact) mass is 479 g/mol. The molecule has 0 saturated carbocycles. The number of amides is 1. The Balaban J connectivity index is 1.51. The van der Waals surface area contributed by atoms with Crippen LogP contribution in [0.3, 0.4) is 0 Å². The van der Waals surface area contributed by atoms with E-state index in [2.05, 4.69) is 24.2 Å². The Labute approximate surface area is 200 Å². The molecule has 2 saturated heterocycles. The molecule has 178 valence electrons. The molecule has 6 nitrogen and oxygen atoms in total. The van der Waals surface area contributed by atoms with Gasteiger partial charge in [-0.1, -0.05) is 0 Å². The second kappa shape index (κ2) is 9.65. The van der Waals surface area contributed by atoms with E-state index in [4.69, 9.17) is 4.74 Å². The minimum Gasteiger partial charge on any atom is -0.459 e. The van der Waals surface area contributed by atoms with Crippen LogP contribution in [0.5, 0.6) is 0 Å². The molecule has 0 spiro atoms. The fourth-order valence-corrected chi connectivity index (χ4v) is 7.94. The summed E-state index contributed by atoms with van der Waals surface area (Å²) in [6.45, 7) is 8.82. The number of carbonyl (C=O) groups excluding carboxylic acids is 2. The van der Waals surface area contributed by atoms with Crippen molar-refractivity contribution in [1.82, 2.24) is 9.80 Å². The Hall–Kier alpha value is -1.09. The van der Waals surface area contributed by atoms with Crippen LogP contribution >= 0.6 is 23.1 Å². The van der Waals surface area contributed by atoms with Gasteiger partial charge in [-0.15, -0.1) is 23.1 Å². The minimum absolute atomic E-state index is 0.0182. The summed E-state index contributed by atoms with van der Waals surface area (Å²) in [6, 6.07) is 0.259. The molecule has 3 heterocycles. The van der Waals surface area contributed by atoms with Gasteiger partial charge in [-0.05, 0) is 85.4 Å². The zero-order valence-electron chi connectivity index (χ0n) is 20.0. The Morgan fingerprint density at radius 1 is 1.19 bits per heavy atom. The molecule has 0 bridgehead atoms. The van der Waals surface area contributed by atoms with Crippen LogP contribution in [0.4, 0.5) is 5.00 Å². The third-order valence-electron chi connectivity index (χ3n) is 6.67. The van der Waals surface area contributed by atoms with Crippen LogP contribution in [0.2, 0.25) is 0 Å². The van der Waals surface area contributed by atoms with E-state index in [1.165, 1.54) is 28.8 Å². The van der Waals surface area contributed by atoms with Gasteiger partial charge >= 0.3 is 5.97 Å². The number of rotatable bonds is 5. The summed E-state index contributed by atoms with van der Waals surface area (Å²) in [4.78, 5) is 31.6. The third-order valence-corrected chi connectivity index (χ3v) is 9.46. The van der Waals surface area contributed by atoms with Crippen molar-refractivity contribution in [2.75, 3.05) is 31.2 Å². The molecule has 4 rings (SSSR count). The first kappa shape index (κ1) is 24.0. The van der Waals surface area contributed by atoms with Gasteiger partial charge < -0.3 is 10.1 Å². The molecule has 3 aliphatic rings. The number of ether oxygens (including phenoxy) is 1. The van der Waals surface area contributed by atoms with Crippen molar-refractivity contribution in [3.05, 3.63) is 16.0 Å². The van der Waals surface area contributed by atoms with Gasteiger partial charge in [0.05, 0.1) is 18.0 Å². The summed E-state index contributed by atoms with van der Waals surface area (Å²) in [7, 11) is 2.20. The maximum atomic E-state index is 13.4. The molecule has 1 aromatic rings. The number of nitrogens with one attached hydrogen (secondary N) is 1. The summed E-state index contributed by atoms with van der Waals surface area (Å²) >= 11 is 3.77. The van der Waals surface area contributed by atoms with E-state index in [0.717, 1.165) is 43.0 Å². The van der Waals surface area contributed by atoms with E-state index in [0.29, 0.717) is 11.4 Å². The lowest BCUT2D eigenvalue weighted by atomic mass is 9.95. The number of likely N-dealkylation sites (tertiary alicyclic amines) is 1. The van der Waals surface area contributed by atoms with Crippen molar-refractivity contribution in [1.29, 1.82) is 0 Å². The van der Waals surface area contributed by atoms with Gasteiger partial charge in [0, 0.05) is 22.2 Å². The quantitative estimate of drug-likeness (QED) is 0.630. The lowest BCUT2D eigenvalue weighted by Gasteiger charge is -2.27. The number of thioether (sulfide) groups is 1. The number of anilines is 1. The third kappa shape index (κ3) is 5.18. The number of thiophene rings is 1. The minimum atomic E-state index is -0.512. The second-order valence-electron chi connectivity index (χ2n) is 10.4. The second-order valence-corrected chi connectivity index (χ2v) is 12.6. The topological polar surface area (TPSA) is 61.9 Å². The summed E-state index contributed by atoms with van der Waals surface area (Å²) in [6.07, 6.45) is 6.40.